The van der Waals surface area contributed by atoms with Crippen LogP contribution in [-0.4, -0.2) is 24.3 Å². The van der Waals surface area contributed by atoms with Gasteiger partial charge in [-0.15, -0.1) is 0 Å². The molecule has 0 bridgehead atoms. The van der Waals surface area contributed by atoms with Gasteiger partial charge in [0.15, 0.2) is 5.78 Å². The van der Waals surface area contributed by atoms with Gasteiger partial charge < -0.3 is 10.1 Å². The van der Waals surface area contributed by atoms with Crippen LogP contribution in [0.2, 0.25) is 6.82 Å². The van der Waals surface area contributed by atoms with Crippen LogP contribution < -0.4 is 5.32 Å². The van der Waals surface area contributed by atoms with E-state index in [1.54, 1.807) is 6.08 Å². The fourth-order valence-electron chi connectivity index (χ4n) is 3.26. The topological polar surface area (TPSA) is 46.2 Å². The molecule has 1 N–H and O–H groups in total. The second-order valence-electron chi connectivity index (χ2n) is 7.12. The molecule has 0 saturated carbocycles. The highest BCUT2D eigenvalue weighted by Gasteiger charge is 2.28. The zero-order chi connectivity index (χ0) is 18.0. The first-order valence-electron chi connectivity index (χ1n) is 8.65. The van der Waals surface area contributed by atoms with Crippen molar-refractivity contribution in [3.8, 4) is 0 Å². The van der Waals surface area contributed by atoms with Gasteiger partial charge in [0.2, 0.25) is 7.28 Å². The standard InChI is InChI=1S/C21H22BNO2/c1-21(2)13-16-11-15(20(25)22-3)9-10-17(16)18(23-21)12-19(24)14-7-5-4-6-8-14/h4-12,22-23H,13H2,1-3H3/b18-12-. The Balaban J connectivity index is 2.03. The summed E-state index contributed by atoms with van der Waals surface area (Å²) in [4.78, 5) is 24.6. The fourth-order valence-corrected chi connectivity index (χ4v) is 3.26. The summed E-state index contributed by atoms with van der Waals surface area (Å²) in [6.45, 7) is 6.08. The summed E-state index contributed by atoms with van der Waals surface area (Å²) in [5.41, 5.74) is 4.29. The van der Waals surface area contributed by atoms with Crippen molar-refractivity contribution in [2.45, 2.75) is 32.6 Å². The summed E-state index contributed by atoms with van der Waals surface area (Å²) >= 11 is 0. The first-order chi connectivity index (χ1) is 11.9. The van der Waals surface area contributed by atoms with Crippen molar-refractivity contribution in [2.24, 2.45) is 0 Å². The number of hydrogen-bond acceptors (Lipinski definition) is 3. The molecule has 4 heteroatoms. The van der Waals surface area contributed by atoms with Crippen LogP contribution in [0, 0.1) is 0 Å². The lowest BCUT2D eigenvalue weighted by molar-refractivity contribution is 0.104. The average molecular weight is 331 g/mol. The molecule has 0 unspecified atom stereocenters. The second-order valence-corrected chi connectivity index (χ2v) is 7.12. The number of carbonyl (C=O) groups excluding carboxylic acids is 2. The number of rotatable bonds is 4. The number of carbonyl (C=O) groups is 2. The van der Waals surface area contributed by atoms with E-state index in [2.05, 4.69) is 19.2 Å². The predicted octanol–water partition coefficient (Wildman–Crippen LogP) is 3.46. The van der Waals surface area contributed by atoms with E-state index in [1.165, 1.54) is 0 Å². The molecule has 2 aromatic rings. The van der Waals surface area contributed by atoms with E-state index in [0.717, 1.165) is 28.8 Å². The molecule has 0 amide bonds. The van der Waals surface area contributed by atoms with Crippen LogP contribution in [-0.2, 0) is 6.42 Å². The summed E-state index contributed by atoms with van der Waals surface area (Å²) in [7, 11) is 0.496. The predicted molar refractivity (Wildman–Crippen MR) is 103 cm³/mol. The second kappa shape index (κ2) is 6.71. The average Bonchev–Trinajstić information content (AvgIpc) is 2.60. The Morgan fingerprint density at radius 1 is 1.08 bits per heavy atom. The molecule has 0 aliphatic carbocycles. The molecule has 2 aromatic carbocycles. The molecule has 3 rings (SSSR count). The van der Waals surface area contributed by atoms with Crippen LogP contribution in [0.5, 0.6) is 0 Å². The third kappa shape index (κ3) is 3.73. The maximum atomic E-state index is 12.6. The molecular weight excluding hydrogens is 309 g/mol. The van der Waals surface area contributed by atoms with E-state index >= 15 is 0 Å². The Labute approximate surface area is 149 Å². The first-order valence-corrected chi connectivity index (χ1v) is 8.65. The van der Waals surface area contributed by atoms with Crippen molar-refractivity contribution in [1.29, 1.82) is 0 Å². The van der Waals surface area contributed by atoms with Gasteiger partial charge in [-0.1, -0.05) is 49.3 Å². The molecule has 3 nitrogen and oxygen atoms in total. The van der Waals surface area contributed by atoms with Gasteiger partial charge in [0, 0.05) is 34.0 Å². The Morgan fingerprint density at radius 3 is 2.48 bits per heavy atom. The first kappa shape index (κ1) is 17.2. The number of benzene rings is 2. The lowest BCUT2D eigenvalue weighted by Crippen LogP contribution is -2.44. The minimum atomic E-state index is -0.177. The van der Waals surface area contributed by atoms with Crippen molar-refractivity contribution in [3.63, 3.8) is 0 Å². The van der Waals surface area contributed by atoms with Crippen molar-refractivity contribution in [3.05, 3.63) is 76.9 Å². The van der Waals surface area contributed by atoms with Gasteiger partial charge in [0.25, 0.3) is 0 Å². The maximum absolute atomic E-state index is 12.6. The van der Waals surface area contributed by atoms with Crippen LogP contribution in [0.4, 0.5) is 0 Å². The van der Waals surface area contributed by atoms with Gasteiger partial charge in [0.05, 0.1) is 0 Å². The minimum absolute atomic E-state index is 0.0274. The van der Waals surface area contributed by atoms with Crippen LogP contribution in [0.25, 0.3) is 5.70 Å². The highest BCUT2D eigenvalue weighted by Crippen LogP contribution is 2.30. The normalized spacial score (nSPS) is 16.7. The highest BCUT2D eigenvalue weighted by atomic mass is 16.1. The Hall–Kier alpha value is -2.62. The van der Waals surface area contributed by atoms with Crippen molar-refractivity contribution in [2.75, 3.05) is 0 Å². The van der Waals surface area contributed by atoms with Crippen molar-refractivity contribution >= 4 is 24.4 Å². The summed E-state index contributed by atoms with van der Waals surface area (Å²) in [5, 5.41) is 3.47. The summed E-state index contributed by atoms with van der Waals surface area (Å²) in [6, 6.07) is 15.0. The van der Waals surface area contributed by atoms with E-state index in [9.17, 15) is 9.59 Å². The highest BCUT2D eigenvalue weighted by molar-refractivity contribution is 6.76. The Bertz CT molecular complexity index is 853. The summed E-state index contributed by atoms with van der Waals surface area (Å²) < 4.78 is 0. The van der Waals surface area contributed by atoms with Gasteiger partial charge >= 0.3 is 0 Å². The lowest BCUT2D eigenvalue weighted by Gasteiger charge is -2.35. The zero-order valence-corrected chi connectivity index (χ0v) is 14.9. The molecule has 1 aliphatic heterocycles. The van der Waals surface area contributed by atoms with E-state index in [1.807, 2.05) is 55.4 Å². The molecular formula is C21H22BNO2. The molecule has 0 radical (unpaired) electrons. The van der Waals surface area contributed by atoms with Crippen LogP contribution >= 0.6 is 0 Å². The lowest BCUT2D eigenvalue weighted by atomic mass is 9.72. The van der Waals surface area contributed by atoms with Gasteiger partial charge in [-0.2, -0.15) is 0 Å². The zero-order valence-electron chi connectivity index (χ0n) is 14.9. The summed E-state index contributed by atoms with van der Waals surface area (Å²) in [6.07, 6.45) is 2.47. The van der Waals surface area contributed by atoms with Crippen molar-refractivity contribution < 1.29 is 9.59 Å². The summed E-state index contributed by atoms with van der Waals surface area (Å²) in [5.74, 6) is -0.0274. The van der Waals surface area contributed by atoms with Gasteiger partial charge in [-0.05, 0) is 31.9 Å². The molecule has 0 atom stereocenters. The minimum Gasteiger partial charge on any atom is -0.379 e. The molecule has 126 valence electrons. The van der Waals surface area contributed by atoms with Gasteiger partial charge in [-0.3, -0.25) is 4.79 Å². The van der Waals surface area contributed by atoms with E-state index in [4.69, 9.17) is 0 Å². The third-order valence-corrected chi connectivity index (χ3v) is 4.48. The number of hydrogen-bond donors (Lipinski definition) is 1. The van der Waals surface area contributed by atoms with Gasteiger partial charge in [0.1, 0.15) is 5.68 Å². The molecule has 0 fully saturated rings. The number of nitrogens with one attached hydrogen (secondary N) is 1. The molecule has 1 heterocycles. The number of fused-ring (bicyclic) bond motifs is 1. The molecule has 25 heavy (non-hydrogen) atoms. The SMILES string of the molecule is CBC(=O)c1ccc2c(c1)CC(C)(C)N/C2=C\C(=O)c1ccccc1. The Kier molecular flexibility index (Phi) is 4.62. The van der Waals surface area contributed by atoms with Crippen molar-refractivity contribution in [1.82, 2.24) is 5.32 Å². The third-order valence-electron chi connectivity index (χ3n) is 4.48. The number of ketones is 1. The monoisotopic (exact) mass is 331 g/mol. The quantitative estimate of drug-likeness (QED) is 0.530. The number of allylic oxidation sites excluding steroid dienone is 1. The van der Waals surface area contributed by atoms with E-state index < -0.39 is 0 Å². The maximum Gasteiger partial charge on any atom is 0.208 e. The van der Waals surface area contributed by atoms with Crippen LogP contribution in [0.1, 0.15) is 45.7 Å². The fraction of sp³-hybridized carbons (Fsp3) is 0.238. The molecule has 0 spiro atoms. The van der Waals surface area contributed by atoms with Crippen LogP contribution in [0.15, 0.2) is 54.6 Å². The van der Waals surface area contributed by atoms with Gasteiger partial charge in [-0.25, -0.2) is 0 Å². The van der Waals surface area contributed by atoms with E-state index in [0.29, 0.717) is 12.8 Å². The Morgan fingerprint density at radius 2 is 1.80 bits per heavy atom. The largest absolute Gasteiger partial charge is 0.379 e. The van der Waals surface area contributed by atoms with Crippen LogP contribution in [0.3, 0.4) is 0 Å². The molecule has 0 saturated heterocycles. The molecule has 0 aromatic heterocycles. The van der Waals surface area contributed by atoms with E-state index in [-0.39, 0.29) is 17.0 Å². The smallest absolute Gasteiger partial charge is 0.208 e. The molecule has 1 aliphatic rings.